The third-order valence-electron chi connectivity index (χ3n) is 11.5. The molecule has 0 saturated carbocycles. The minimum absolute atomic E-state index is 0.0477. The molecule has 0 aliphatic carbocycles. The highest BCUT2D eigenvalue weighted by Gasteiger charge is 2.42. The van der Waals surface area contributed by atoms with Crippen molar-refractivity contribution in [3.05, 3.63) is 44.7 Å². The molecule has 4 N–H and O–H groups in total. The quantitative estimate of drug-likeness (QED) is 0.355. The van der Waals surface area contributed by atoms with Crippen molar-refractivity contribution in [2.45, 2.75) is 87.9 Å². The molecule has 6 heterocycles. The van der Waals surface area contributed by atoms with Crippen LogP contribution < -0.4 is 16.4 Å². The Hall–Kier alpha value is -3.08. The third-order valence-corrected chi connectivity index (χ3v) is 13.0. The first-order chi connectivity index (χ1) is 23.9. The second kappa shape index (κ2) is 14.2. The summed E-state index contributed by atoms with van der Waals surface area (Å²) in [5.41, 5.74) is 5.66. The maximum absolute atomic E-state index is 14.1. The molecule has 272 valence electrons. The van der Waals surface area contributed by atoms with Gasteiger partial charge in [0.15, 0.2) is 0 Å². The topological polar surface area (TPSA) is 117 Å². The molecule has 7 rings (SSSR count). The van der Waals surface area contributed by atoms with Crippen LogP contribution in [0.25, 0.3) is 0 Å². The van der Waals surface area contributed by atoms with Gasteiger partial charge in [0.2, 0.25) is 5.91 Å². The van der Waals surface area contributed by atoms with Crippen molar-refractivity contribution in [3.63, 3.8) is 0 Å². The molecule has 4 fully saturated rings. The number of benzene rings is 1. The summed E-state index contributed by atoms with van der Waals surface area (Å²) in [4.78, 5) is 50.8. The number of hydrogen-bond acceptors (Lipinski definition) is 7. The van der Waals surface area contributed by atoms with E-state index in [0.717, 1.165) is 42.6 Å². The average molecular weight is 782 g/mol. The van der Waals surface area contributed by atoms with Crippen molar-refractivity contribution >= 4 is 55.9 Å². The predicted octanol–water partition coefficient (Wildman–Crippen LogP) is 5.01. The summed E-state index contributed by atoms with van der Waals surface area (Å²) in [5.74, 6) is -0.311. The van der Waals surface area contributed by atoms with E-state index in [2.05, 4.69) is 43.4 Å². The van der Waals surface area contributed by atoms with Gasteiger partial charge in [-0.1, -0.05) is 0 Å². The van der Waals surface area contributed by atoms with Gasteiger partial charge in [0.25, 0.3) is 0 Å². The minimum Gasteiger partial charge on any atom is -0.397 e. The first-order valence-corrected chi connectivity index (χ1v) is 19.1. The fourth-order valence-corrected chi connectivity index (χ4v) is 9.89. The van der Waals surface area contributed by atoms with E-state index < -0.39 is 29.5 Å². The van der Waals surface area contributed by atoms with Crippen molar-refractivity contribution in [1.82, 2.24) is 29.8 Å². The van der Waals surface area contributed by atoms with Gasteiger partial charge in [-0.2, -0.15) is 13.2 Å². The number of nitrogens with one attached hydrogen (secondary N) is 2. The molecular formula is C34H44BrF3N8O3S. The molecule has 1 aromatic carbocycles. The smallest absolute Gasteiger partial charge is 0.397 e. The number of urea groups is 2. The van der Waals surface area contributed by atoms with Crippen LogP contribution in [0.5, 0.6) is 0 Å². The molecule has 5 aliphatic heterocycles. The number of fused-ring (bicyclic) bond motifs is 3. The van der Waals surface area contributed by atoms with E-state index in [0.29, 0.717) is 63.7 Å². The summed E-state index contributed by atoms with van der Waals surface area (Å²) in [5, 5.41) is 8.66. The summed E-state index contributed by atoms with van der Waals surface area (Å²) < 4.78 is 41.7. The van der Waals surface area contributed by atoms with Gasteiger partial charge in [-0.3, -0.25) is 15.0 Å². The Kier molecular flexibility index (Phi) is 10.00. The standard InChI is InChI=1S/C34H44BrF3N8O3S/c1-42-23-2-3-24(42)18-25(17-23)43-9-11-44(12-10-43)31(47)28(16-20-14-26(34(36,37)38)29(39)27(35)15-20)40-32(48)45-7-4-22(5-8-45)46-19-21-6-13-50-30(21)41-33(46)49/h6,13-15,22-25,28H,2-5,7-12,16-19,39H2,1H3,(H,40,48)(H,41,49)/t23?,24?,25?,28-/m1/s1. The number of carbonyl (C=O) groups excluding carboxylic acids is 3. The van der Waals surface area contributed by atoms with Crippen LogP contribution in [0.4, 0.5) is 33.4 Å². The fourth-order valence-electron chi connectivity index (χ4n) is 8.58. The zero-order valence-corrected chi connectivity index (χ0v) is 30.5. The van der Waals surface area contributed by atoms with Crippen molar-refractivity contribution in [3.8, 4) is 0 Å². The fraction of sp³-hybridized carbons (Fsp3) is 0.618. The number of hydrogen-bond donors (Lipinski definition) is 3. The lowest BCUT2D eigenvalue weighted by atomic mass is 9.95. The van der Waals surface area contributed by atoms with Crippen LogP contribution in [-0.4, -0.2) is 119 Å². The second-order valence-corrected chi connectivity index (χ2v) is 16.1. The molecule has 2 unspecified atom stereocenters. The molecule has 4 saturated heterocycles. The van der Waals surface area contributed by atoms with Gasteiger partial charge in [0, 0.05) is 79.9 Å². The number of carbonyl (C=O) groups is 3. The monoisotopic (exact) mass is 780 g/mol. The zero-order valence-electron chi connectivity index (χ0n) is 28.1. The van der Waals surface area contributed by atoms with Gasteiger partial charge in [-0.05, 0) is 90.6 Å². The van der Waals surface area contributed by atoms with Crippen molar-refractivity contribution in [2.24, 2.45) is 0 Å². The number of nitrogens with two attached hydrogens (primary N) is 1. The van der Waals surface area contributed by atoms with Gasteiger partial charge in [0.1, 0.15) is 11.0 Å². The number of alkyl halides is 3. The normalized spacial score (nSPS) is 25.7. The molecule has 2 aromatic rings. The number of piperazine rings is 1. The molecule has 3 atom stereocenters. The molecule has 5 amide bonds. The Balaban J connectivity index is 1.02. The number of nitrogens with zero attached hydrogens (tertiary/aromatic N) is 5. The highest BCUT2D eigenvalue weighted by atomic mass is 79.9. The summed E-state index contributed by atoms with van der Waals surface area (Å²) in [6.07, 6.45) is 1.04. The summed E-state index contributed by atoms with van der Waals surface area (Å²) in [6, 6.07) is 4.42. The number of rotatable bonds is 6. The first-order valence-electron chi connectivity index (χ1n) is 17.4. The largest absolute Gasteiger partial charge is 0.418 e. The van der Waals surface area contributed by atoms with E-state index in [4.69, 9.17) is 5.73 Å². The van der Waals surface area contributed by atoms with Crippen LogP contribution >= 0.6 is 27.3 Å². The second-order valence-electron chi connectivity index (χ2n) is 14.3. The van der Waals surface area contributed by atoms with E-state index in [9.17, 15) is 27.6 Å². The van der Waals surface area contributed by atoms with Gasteiger partial charge in [-0.25, -0.2) is 9.59 Å². The van der Waals surface area contributed by atoms with Crippen molar-refractivity contribution < 1.29 is 27.6 Å². The van der Waals surface area contributed by atoms with Crippen molar-refractivity contribution in [1.29, 1.82) is 0 Å². The molecule has 0 radical (unpaired) electrons. The van der Waals surface area contributed by atoms with Gasteiger partial charge in [-0.15, -0.1) is 11.3 Å². The number of anilines is 2. The Labute approximate surface area is 302 Å². The van der Waals surface area contributed by atoms with E-state index in [1.807, 2.05) is 16.3 Å². The lowest BCUT2D eigenvalue weighted by Crippen LogP contribution is -2.60. The van der Waals surface area contributed by atoms with Crippen LogP contribution in [0.3, 0.4) is 0 Å². The number of likely N-dealkylation sites (tertiary alicyclic amines) is 1. The number of nitrogen functional groups attached to an aromatic ring is 1. The SMILES string of the molecule is CN1C2CCC1CC(N1CCN(C(=O)[C@@H](Cc3cc(Br)c(N)c(C(F)(F)F)c3)NC(=O)N3CCC(N4Cc5ccsc5NC4=O)CC3)CC1)C2. The van der Waals surface area contributed by atoms with Gasteiger partial charge >= 0.3 is 18.2 Å². The summed E-state index contributed by atoms with van der Waals surface area (Å²) >= 11 is 4.65. The molecule has 5 aliphatic rings. The van der Waals surface area contributed by atoms with E-state index in [1.165, 1.54) is 30.2 Å². The lowest BCUT2D eigenvalue weighted by Gasteiger charge is -2.45. The Morgan fingerprint density at radius 1 is 1.00 bits per heavy atom. The first kappa shape index (κ1) is 35.3. The molecule has 2 bridgehead atoms. The van der Waals surface area contributed by atoms with Crippen LogP contribution in [0.2, 0.25) is 0 Å². The molecule has 0 spiro atoms. The maximum Gasteiger partial charge on any atom is 0.418 e. The number of thiophene rings is 1. The predicted molar refractivity (Wildman–Crippen MR) is 189 cm³/mol. The number of piperidine rings is 2. The highest BCUT2D eigenvalue weighted by molar-refractivity contribution is 9.10. The Bertz CT molecular complexity index is 1600. The van der Waals surface area contributed by atoms with E-state index in [-0.39, 0.29) is 34.4 Å². The minimum atomic E-state index is -4.68. The molecular weight excluding hydrogens is 737 g/mol. The molecule has 1 aromatic heterocycles. The molecule has 16 heteroatoms. The van der Waals surface area contributed by atoms with E-state index in [1.54, 1.807) is 9.80 Å². The third kappa shape index (κ3) is 7.17. The maximum atomic E-state index is 14.1. The lowest BCUT2D eigenvalue weighted by molar-refractivity contribution is -0.137. The van der Waals surface area contributed by atoms with Crippen LogP contribution in [0, 0.1) is 0 Å². The summed E-state index contributed by atoms with van der Waals surface area (Å²) in [6.45, 7) is 3.68. The van der Waals surface area contributed by atoms with Crippen molar-refractivity contribution in [2.75, 3.05) is 57.4 Å². The van der Waals surface area contributed by atoms with Gasteiger partial charge in [0.05, 0.1) is 17.8 Å². The average Bonchev–Trinajstić information content (AvgIpc) is 3.61. The van der Waals surface area contributed by atoms with Gasteiger partial charge < -0.3 is 30.7 Å². The van der Waals surface area contributed by atoms with Crippen LogP contribution in [0.1, 0.15) is 55.2 Å². The Morgan fingerprint density at radius 2 is 1.68 bits per heavy atom. The van der Waals surface area contributed by atoms with Crippen LogP contribution in [-0.2, 0) is 23.9 Å². The van der Waals surface area contributed by atoms with E-state index >= 15 is 0 Å². The molecule has 11 nitrogen and oxygen atoms in total. The number of halogens is 4. The Morgan fingerprint density at radius 3 is 2.34 bits per heavy atom. The van der Waals surface area contributed by atoms with Crippen LogP contribution in [0.15, 0.2) is 28.1 Å². The number of amides is 5. The highest BCUT2D eigenvalue weighted by Crippen LogP contribution is 2.39. The summed E-state index contributed by atoms with van der Waals surface area (Å²) in [7, 11) is 2.22. The molecule has 50 heavy (non-hydrogen) atoms. The zero-order chi connectivity index (χ0) is 35.3.